The van der Waals surface area contributed by atoms with Gasteiger partial charge in [0.2, 0.25) is 5.91 Å². The number of ether oxygens (including phenoxy) is 2. The van der Waals surface area contributed by atoms with Crippen molar-refractivity contribution in [1.82, 2.24) is 21.5 Å². The van der Waals surface area contributed by atoms with E-state index in [0.29, 0.717) is 23.7 Å². The first-order valence-corrected chi connectivity index (χ1v) is 13.4. The van der Waals surface area contributed by atoms with Crippen LogP contribution in [0.2, 0.25) is 0 Å². The average molecular weight is 497 g/mol. The smallest absolute Gasteiger partial charge is 0.407 e. The second-order valence-corrected chi connectivity index (χ2v) is 12.1. The number of methoxy groups -OCH3 is 1. The van der Waals surface area contributed by atoms with Crippen LogP contribution in [0.4, 0.5) is 4.79 Å². The van der Waals surface area contributed by atoms with Gasteiger partial charge in [0.15, 0.2) is 9.84 Å². The third-order valence-electron chi connectivity index (χ3n) is 6.03. The van der Waals surface area contributed by atoms with E-state index < -0.39 is 15.9 Å². The van der Waals surface area contributed by atoms with E-state index in [2.05, 4.69) is 21.5 Å². The highest BCUT2D eigenvalue weighted by molar-refractivity contribution is 7.90. The van der Waals surface area contributed by atoms with Gasteiger partial charge in [-0.15, -0.1) is 0 Å². The van der Waals surface area contributed by atoms with Gasteiger partial charge in [0.05, 0.1) is 24.6 Å². The Bertz CT molecular complexity index is 1010. The third kappa shape index (κ3) is 7.31. The number of nitrogens with one attached hydrogen (secondary N) is 4. The van der Waals surface area contributed by atoms with Crippen molar-refractivity contribution in [2.24, 2.45) is 5.92 Å². The minimum absolute atomic E-state index is 0.0787. The first kappa shape index (κ1) is 26.2. The van der Waals surface area contributed by atoms with E-state index in [1.54, 1.807) is 12.1 Å². The van der Waals surface area contributed by atoms with Gasteiger partial charge in [-0.2, -0.15) is 0 Å². The number of hydrazine groups is 1. The van der Waals surface area contributed by atoms with Crippen LogP contribution in [-0.4, -0.2) is 57.6 Å². The minimum atomic E-state index is -3.48. The summed E-state index contributed by atoms with van der Waals surface area (Å²) in [4.78, 5) is 24.8. The highest BCUT2D eigenvalue weighted by atomic mass is 32.2. The van der Waals surface area contributed by atoms with Crippen molar-refractivity contribution in [3.05, 3.63) is 23.8 Å². The number of amides is 2. The maximum Gasteiger partial charge on any atom is 0.407 e. The van der Waals surface area contributed by atoms with E-state index in [0.717, 1.165) is 25.5 Å². The molecule has 4 N–H and O–H groups in total. The number of hydrogen-bond donors (Lipinski definition) is 4. The lowest BCUT2D eigenvalue weighted by atomic mass is 9.96. The number of sulfone groups is 1. The Morgan fingerprint density at radius 1 is 1.15 bits per heavy atom. The Labute approximate surface area is 201 Å². The van der Waals surface area contributed by atoms with Gasteiger partial charge in [-0.25, -0.2) is 18.6 Å². The molecule has 0 aromatic heterocycles. The molecule has 1 saturated carbocycles. The fourth-order valence-corrected chi connectivity index (χ4v) is 5.44. The topological polar surface area (TPSA) is 135 Å². The lowest BCUT2D eigenvalue weighted by Crippen LogP contribution is -2.45. The molecule has 34 heavy (non-hydrogen) atoms. The first-order chi connectivity index (χ1) is 15.8. The van der Waals surface area contributed by atoms with Crippen LogP contribution in [0.25, 0.3) is 0 Å². The molecule has 0 bridgehead atoms. The molecular weight excluding hydrogens is 460 g/mol. The summed E-state index contributed by atoms with van der Waals surface area (Å²) in [6.45, 7) is 5.72. The van der Waals surface area contributed by atoms with Gasteiger partial charge < -0.3 is 20.1 Å². The number of hydrogen-bond acceptors (Lipinski definition) is 8. The lowest BCUT2D eigenvalue weighted by molar-refractivity contribution is -0.121. The molecule has 190 valence electrons. The van der Waals surface area contributed by atoms with E-state index in [4.69, 9.17) is 9.47 Å². The summed E-state index contributed by atoms with van der Waals surface area (Å²) >= 11 is 0. The summed E-state index contributed by atoms with van der Waals surface area (Å²) in [5, 5.41) is 5.74. The molecule has 1 aliphatic carbocycles. The summed E-state index contributed by atoms with van der Waals surface area (Å²) in [6.07, 6.45) is 3.41. The lowest BCUT2D eigenvalue weighted by Gasteiger charge is -2.22. The van der Waals surface area contributed by atoms with Crippen molar-refractivity contribution >= 4 is 21.8 Å². The molecule has 4 atom stereocenters. The second kappa shape index (κ2) is 10.5. The molecule has 2 fully saturated rings. The number of alkyl carbamates (subject to hydrolysis) is 1. The average Bonchev–Trinajstić information content (AvgIpc) is 3.34. The zero-order valence-corrected chi connectivity index (χ0v) is 21.3. The summed E-state index contributed by atoms with van der Waals surface area (Å²) in [6, 6.07) is 4.74. The highest BCUT2D eigenvalue weighted by Crippen LogP contribution is 2.33. The zero-order valence-electron chi connectivity index (χ0n) is 20.4. The molecule has 2 unspecified atom stereocenters. The Hall–Kier alpha value is -2.37. The molecule has 2 aliphatic rings. The van der Waals surface area contributed by atoms with Crippen molar-refractivity contribution in [2.45, 2.75) is 81.6 Å². The van der Waals surface area contributed by atoms with Crippen molar-refractivity contribution in [3.8, 4) is 5.75 Å². The number of carbonyl (C=O) groups excluding carboxylic acids is 2. The quantitative estimate of drug-likeness (QED) is 0.448. The first-order valence-electron chi connectivity index (χ1n) is 11.5. The molecule has 0 spiro atoms. The molecule has 2 amide bonds. The van der Waals surface area contributed by atoms with Crippen molar-refractivity contribution in [2.75, 3.05) is 13.4 Å². The van der Waals surface area contributed by atoms with E-state index in [1.807, 2.05) is 20.8 Å². The number of rotatable bonds is 7. The summed E-state index contributed by atoms with van der Waals surface area (Å²) in [5.74, 6) is 0.520. The zero-order chi connectivity index (χ0) is 25.1. The molecule has 11 heteroatoms. The van der Waals surface area contributed by atoms with Crippen molar-refractivity contribution < 1.29 is 27.5 Å². The van der Waals surface area contributed by atoms with Crippen LogP contribution in [-0.2, 0) is 25.8 Å². The minimum Gasteiger partial charge on any atom is -0.497 e. The molecule has 1 saturated heterocycles. The SMILES string of the molecule is COc1ccc(S(C)(=O)=O)c(CC(=O)NC2CC([C@H]3CC[C@@H](OC(=O)NC(C)(C)C)C3)NN2)c1. The predicted octanol–water partition coefficient (Wildman–Crippen LogP) is 1.64. The van der Waals surface area contributed by atoms with Gasteiger partial charge >= 0.3 is 6.09 Å². The van der Waals surface area contributed by atoms with Gasteiger partial charge in [0, 0.05) is 17.8 Å². The molecule has 1 aliphatic heterocycles. The second-order valence-electron chi connectivity index (χ2n) is 10.1. The molecule has 0 radical (unpaired) electrons. The normalized spacial score (nSPS) is 25.1. The van der Waals surface area contributed by atoms with Gasteiger partial charge in [0.1, 0.15) is 11.9 Å². The highest BCUT2D eigenvalue weighted by Gasteiger charge is 2.37. The summed E-state index contributed by atoms with van der Waals surface area (Å²) in [7, 11) is -1.99. The molecule has 1 aromatic carbocycles. The van der Waals surface area contributed by atoms with Crippen LogP contribution in [0.3, 0.4) is 0 Å². The largest absolute Gasteiger partial charge is 0.497 e. The Balaban J connectivity index is 1.50. The Morgan fingerprint density at radius 2 is 1.88 bits per heavy atom. The maximum atomic E-state index is 12.7. The molecule has 3 rings (SSSR count). The Morgan fingerprint density at radius 3 is 2.53 bits per heavy atom. The fourth-order valence-electron chi connectivity index (χ4n) is 4.52. The third-order valence-corrected chi connectivity index (χ3v) is 7.23. The molecule has 1 heterocycles. The van der Waals surface area contributed by atoms with Crippen LogP contribution >= 0.6 is 0 Å². The van der Waals surface area contributed by atoms with Crippen LogP contribution in [0.1, 0.15) is 52.0 Å². The van der Waals surface area contributed by atoms with E-state index in [1.165, 1.54) is 13.2 Å². The van der Waals surface area contributed by atoms with Gasteiger partial charge in [-0.3, -0.25) is 10.2 Å². The van der Waals surface area contributed by atoms with Crippen molar-refractivity contribution in [3.63, 3.8) is 0 Å². The van der Waals surface area contributed by atoms with Crippen LogP contribution in [0.15, 0.2) is 23.1 Å². The van der Waals surface area contributed by atoms with E-state index in [-0.39, 0.29) is 41.1 Å². The van der Waals surface area contributed by atoms with Gasteiger partial charge in [-0.05, 0) is 76.1 Å². The van der Waals surface area contributed by atoms with E-state index in [9.17, 15) is 18.0 Å². The maximum absolute atomic E-state index is 12.7. The summed E-state index contributed by atoms with van der Waals surface area (Å²) < 4.78 is 34.9. The van der Waals surface area contributed by atoms with Crippen LogP contribution < -0.4 is 26.2 Å². The van der Waals surface area contributed by atoms with Crippen molar-refractivity contribution in [1.29, 1.82) is 0 Å². The number of benzene rings is 1. The molecular formula is C23H36N4O6S. The predicted molar refractivity (Wildman–Crippen MR) is 127 cm³/mol. The van der Waals surface area contributed by atoms with Gasteiger partial charge in [-0.1, -0.05) is 0 Å². The van der Waals surface area contributed by atoms with Gasteiger partial charge in [0.25, 0.3) is 0 Å². The Kier molecular flexibility index (Phi) is 8.10. The van der Waals surface area contributed by atoms with Crippen LogP contribution in [0.5, 0.6) is 5.75 Å². The fraction of sp³-hybridized carbons (Fsp3) is 0.652. The standard InChI is InChI=1S/C23H36N4O6S/c1-23(2,3)25-22(29)33-17-7-6-14(10-17)18-13-20(27-26-18)24-21(28)12-15-11-16(32-4)8-9-19(15)34(5,30)31/h8-9,11,14,17-18,20,26-27H,6-7,10,12-13H2,1-5H3,(H,24,28)(H,25,29)/t14-,17+,18?,20?/m0/s1. The summed E-state index contributed by atoms with van der Waals surface area (Å²) in [5.41, 5.74) is 6.41. The number of carbonyl (C=O) groups is 2. The monoisotopic (exact) mass is 496 g/mol. The van der Waals surface area contributed by atoms with Crippen LogP contribution in [0, 0.1) is 5.92 Å². The molecule has 10 nitrogen and oxygen atoms in total. The molecule has 1 aromatic rings. The van der Waals surface area contributed by atoms with E-state index >= 15 is 0 Å².